The second-order valence-corrected chi connectivity index (χ2v) is 10.1. The van der Waals surface area contributed by atoms with E-state index < -0.39 is 10.0 Å². The fraction of sp³-hybridized carbons (Fsp3) is 0.600. The van der Waals surface area contributed by atoms with E-state index >= 15 is 0 Å². The van der Waals surface area contributed by atoms with Gasteiger partial charge in [0.25, 0.3) is 0 Å². The molecule has 2 aromatic rings. The van der Waals surface area contributed by atoms with Gasteiger partial charge in [-0.25, -0.2) is 13.4 Å². The summed E-state index contributed by atoms with van der Waals surface area (Å²) in [7, 11) is -3.58. The van der Waals surface area contributed by atoms with Gasteiger partial charge in [-0.2, -0.15) is 4.31 Å². The highest BCUT2D eigenvalue weighted by Crippen LogP contribution is 2.27. The van der Waals surface area contributed by atoms with Crippen LogP contribution < -0.4 is 5.32 Å². The fourth-order valence-electron chi connectivity index (χ4n) is 3.49. The first-order chi connectivity index (χ1) is 14.4. The van der Waals surface area contributed by atoms with E-state index in [1.165, 1.54) is 16.1 Å². The number of sulfonamides is 1. The first-order valence-electron chi connectivity index (χ1n) is 10.4. The van der Waals surface area contributed by atoms with Gasteiger partial charge in [0.1, 0.15) is 0 Å². The number of hydrogen-bond acceptors (Lipinski definition) is 6. The maximum Gasteiger partial charge on any atom is 0.243 e. The zero-order valence-corrected chi connectivity index (χ0v) is 19.4. The van der Waals surface area contributed by atoms with Crippen LogP contribution in [0.25, 0.3) is 11.0 Å². The number of thioether (sulfide) groups is 1. The number of nitrogens with one attached hydrogen (secondary N) is 1. The fourth-order valence-corrected chi connectivity index (χ4v) is 5.81. The van der Waals surface area contributed by atoms with E-state index in [1.807, 2.05) is 11.5 Å². The zero-order valence-electron chi connectivity index (χ0n) is 17.8. The van der Waals surface area contributed by atoms with Crippen LogP contribution in [0.3, 0.4) is 0 Å². The molecular weight excluding hydrogens is 424 g/mol. The Morgan fingerprint density at radius 2 is 1.93 bits per heavy atom. The minimum absolute atomic E-state index is 0.0148. The number of ether oxygens (including phenoxy) is 1. The van der Waals surface area contributed by atoms with Crippen LogP contribution in [-0.2, 0) is 26.1 Å². The van der Waals surface area contributed by atoms with Gasteiger partial charge >= 0.3 is 0 Å². The third-order valence-corrected chi connectivity index (χ3v) is 8.16. The minimum Gasteiger partial charge on any atom is -0.379 e. The number of hydrogen-bond donors (Lipinski definition) is 1. The maximum atomic E-state index is 12.9. The summed E-state index contributed by atoms with van der Waals surface area (Å²) in [6, 6.07) is 5.25. The average Bonchev–Trinajstić information content (AvgIpc) is 3.13. The monoisotopic (exact) mass is 454 g/mol. The van der Waals surface area contributed by atoms with Gasteiger partial charge in [0.05, 0.1) is 34.9 Å². The highest BCUT2D eigenvalue weighted by atomic mass is 32.2. The van der Waals surface area contributed by atoms with Gasteiger partial charge in [-0.05, 0) is 38.0 Å². The van der Waals surface area contributed by atoms with E-state index in [0.717, 1.165) is 18.4 Å². The number of morpholine rings is 1. The lowest BCUT2D eigenvalue weighted by Crippen LogP contribution is -2.40. The SMILES string of the molecule is CCC(CC)NC(=O)CSc1nc2cc(S(=O)(=O)N3CCOCC3)ccc2n1CC. The van der Waals surface area contributed by atoms with Gasteiger partial charge in [-0.1, -0.05) is 25.6 Å². The molecule has 0 unspecified atom stereocenters. The van der Waals surface area contributed by atoms with Crippen LogP contribution in [0, 0.1) is 0 Å². The van der Waals surface area contributed by atoms with E-state index in [0.29, 0.717) is 43.5 Å². The summed E-state index contributed by atoms with van der Waals surface area (Å²) in [6.07, 6.45) is 1.81. The molecule has 0 spiro atoms. The number of carbonyl (C=O) groups excluding carboxylic acids is 1. The second kappa shape index (κ2) is 10.1. The van der Waals surface area contributed by atoms with E-state index in [2.05, 4.69) is 24.1 Å². The first kappa shape index (κ1) is 23.1. The number of carbonyl (C=O) groups is 1. The Morgan fingerprint density at radius 1 is 1.23 bits per heavy atom. The molecule has 0 bridgehead atoms. The molecule has 1 amide bonds. The summed E-state index contributed by atoms with van der Waals surface area (Å²) in [5.74, 6) is 0.262. The van der Waals surface area contributed by atoms with Crippen LogP contribution in [0.4, 0.5) is 0 Å². The molecule has 3 rings (SSSR count). The molecular formula is C20H30N4O4S2. The van der Waals surface area contributed by atoms with Crippen LogP contribution in [0.2, 0.25) is 0 Å². The van der Waals surface area contributed by atoms with Crippen LogP contribution in [0.5, 0.6) is 0 Å². The Balaban J connectivity index is 1.81. The Hall–Kier alpha value is -1.62. The van der Waals surface area contributed by atoms with Crippen molar-refractivity contribution in [3.8, 4) is 0 Å². The molecule has 8 nitrogen and oxygen atoms in total. The Kier molecular flexibility index (Phi) is 7.78. The van der Waals surface area contributed by atoms with Crippen molar-refractivity contribution in [2.75, 3.05) is 32.1 Å². The summed E-state index contributed by atoms with van der Waals surface area (Å²) in [6.45, 7) is 8.34. The number of rotatable bonds is 9. The maximum absolute atomic E-state index is 12.9. The van der Waals surface area contributed by atoms with E-state index in [4.69, 9.17) is 4.74 Å². The molecule has 2 heterocycles. The molecule has 1 fully saturated rings. The summed E-state index contributed by atoms with van der Waals surface area (Å²) in [5, 5.41) is 3.75. The van der Waals surface area contributed by atoms with Crippen molar-refractivity contribution in [2.45, 2.75) is 56.3 Å². The quantitative estimate of drug-likeness (QED) is 0.585. The summed E-state index contributed by atoms with van der Waals surface area (Å²) >= 11 is 1.37. The molecule has 0 saturated carbocycles. The first-order valence-corrected chi connectivity index (χ1v) is 12.8. The van der Waals surface area contributed by atoms with E-state index in [1.54, 1.807) is 18.2 Å². The third-order valence-electron chi connectivity index (χ3n) is 5.29. The van der Waals surface area contributed by atoms with Gasteiger partial charge in [0, 0.05) is 25.7 Å². The highest BCUT2D eigenvalue weighted by molar-refractivity contribution is 7.99. The predicted octanol–water partition coefficient (Wildman–Crippen LogP) is 2.47. The topological polar surface area (TPSA) is 93.5 Å². The number of nitrogens with zero attached hydrogens (tertiary/aromatic N) is 3. The molecule has 0 radical (unpaired) electrons. The van der Waals surface area contributed by atoms with Gasteiger partial charge in [0.2, 0.25) is 15.9 Å². The van der Waals surface area contributed by atoms with Gasteiger partial charge in [-0.15, -0.1) is 0 Å². The van der Waals surface area contributed by atoms with Gasteiger partial charge in [-0.3, -0.25) is 4.79 Å². The lowest BCUT2D eigenvalue weighted by molar-refractivity contribution is -0.119. The molecule has 1 aromatic heterocycles. The van der Waals surface area contributed by atoms with Crippen molar-refractivity contribution in [1.29, 1.82) is 0 Å². The molecule has 1 N–H and O–H groups in total. The van der Waals surface area contributed by atoms with Crippen LogP contribution in [-0.4, -0.2) is 66.3 Å². The van der Waals surface area contributed by atoms with Crippen molar-refractivity contribution in [3.05, 3.63) is 18.2 Å². The Bertz CT molecular complexity index is 980. The van der Waals surface area contributed by atoms with Gasteiger partial charge < -0.3 is 14.6 Å². The Morgan fingerprint density at radius 3 is 2.57 bits per heavy atom. The number of benzene rings is 1. The average molecular weight is 455 g/mol. The number of aryl methyl sites for hydroxylation is 1. The smallest absolute Gasteiger partial charge is 0.243 e. The minimum atomic E-state index is -3.58. The highest BCUT2D eigenvalue weighted by Gasteiger charge is 2.27. The molecule has 1 aromatic carbocycles. The number of aromatic nitrogens is 2. The predicted molar refractivity (Wildman–Crippen MR) is 118 cm³/mol. The number of amides is 1. The Labute approximate surface area is 182 Å². The molecule has 0 aliphatic carbocycles. The molecule has 10 heteroatoms. The molecule has 166 valence electrons. The van der Waals surface area contributed by atoms with Crippen molar-refractivity contribution < 1.29 is 17.9 Å². The van der Waals surface area contributed by atoms with E-state index in [-0.39, 0.29) is 22.6 Å². The third kappa shape index (κ3) is 4.99. The standard InChI is InChI=1S/C20H30N4O4S2/c1-4-15(5-2)21-19(25)14-29-20-22-17-13-16(7-8-18(17)24(20)6-3)30(26,27)23-9-11-28-12-10-23/h7-8,13,15H,4-6,9-12,14H2,1-3H3,(H,21,25). The van der Waals surface area contributed by atoms with Crippen LogP contribution in [0.15, 0.2) is 28.3 Å². The van der Waals surface area contributed by atoms with Crippen LogP contribution in [0.1, 0.15) is 33.6 Å². The molecule has 0 atom stereocenters. The van der Waals surface area contributed by atoms with Gasteiger partial charge in [0.15, 0.2) is 5.16 Å². The molecule has 1 saturated heterocycles. The largest absolute Gasteiger partial charge is 0.379 e. The normalized spacial score (nSPS) is 15.7. The molecule has 1 aliphatic heterocycles. The summed E-state index contributed by atoms with van der Waals surface area (Å²) in [5.41, 5.74) is 1.48. The summed E-state index contributed by atoms with van der Waals surface area (Å²) in [4.78, 5) is 17.1. The van der Waals surface area contributed by atoms with Crippen molar-refractivity contribution in [3.63, 3.8) is 0 Å². The lowest BCUT2D eigenvalue weighted by atomic mass is 10.2. The van der Waals surface area contributed by atoms with E-state index in [9.17, 15) is 13.2 Å². The second-order valence-electron chi connectivity index (χ2n) is 7.18. The lowest BCUT2D eigenvalue weighted by Gasteiger charge is -2.26. The molecule has 1 aliphatic rings. The zero-order chi connectivity index (χ0) is 21.7. The van der Waals surface area contributed by atoms with Crippen molar-refractivity contribution >= 4 is 38.7 Å². The molecule has 30 heavy (non-hydrogen) atoms. The number of imidazole rings is 1. The van der Waals surface area contributed by atoms with Crippen LogP contribution >= 0.6 is 11.8 Å². The van der Waals surface area contributed by atoms with Crippen molar-refractivity contribution in [2.24, 2.45) is 0 Å². The van der Waals surface area contributed by atoms with Crippen molar-refractivity contribution in [1.82, 2.24) is 19.2 Å². The number of fused-ring (bicyclic) bond motifs is 1. The summed E-state index contributed by atoms with van der Waals surface area (Å²) < 4.78 is 34.6.